The highest BCUT2D eigenvalue weighted by Gasteiger charge is 2.03. The van der Waals surface area contributed by atoms with Gasteiger partial charge < -0.3 is 10.6 Å². The van der Waals surface area contributed by atoms with Crippen LogP contribution in [0.5, 0.6) is 0 Å². The zero-order chi connectivity index (χ0) is 14.4. The van der Waals surface area contributed by atoms with Crippen LogP contribution in [0.25, 0.3) is 0 Å². The van der Waals surface area contributed by atoms with Crippen LogP contribution in [-0.2, 0) is 13.0 Å². The molecular formula is C17H21BrN2. The van der Waals surface area contributed by atoms with Crippen molar-refractivity contribution in [1.29, 1.82) is 0 Å². The van der Waals surface area contributed by atoms with Gasteiger partial charge in [0.05, 0.1) is 0 Å². The van der Waals surface area contributed by atoms with Gasteiger partial charge >= 0.3 is 0 Å². The van der Waals surface area contributed by atoms with Crippen molar-refractivity contribution in [3.8, 4) is 0 Å². The Morgan fingerprint density at radius 1 is 1.10 bits per heavy atom. The Kier molecular flexibility index (Phi) is 5.62. The van der Waals surface area contributed by atoms with Crippen LogP contribution in [0.2, 0.25) is 0 Å². The van der Waals surface area contributed by atoms with Gasteiger partial charge in [0.25, 0.3) is 0 Å². The minimum absolute atomic E-state index is 0.851. The highest BCUT2D eigenvalue weighted by Crippen LogP contribution is 2.17. The van der Waals surface area contributed by atoms with E-state index in [4.69, 9.17) is 5.73 Å². The lowest BCUT2D eigenvalue weighted by Gasteiger charge is -2.17. The lowest BCUT2D eigenvalue weighted by Crippen LogP contribution is -2.19. The highest BCUT2D eigenvalue weighted by molar-refractivity contribution is 9.10. The summed E-state index contributed by atoms with van der Waals surface area (Å²) in [5, 5.41) is 0. The second-order valence-corrected chi connectivity index (χ2v) is 6.03. The van der Waals surface area contributed by atoms with Gasteiger partial charge in [0, 0.05) is 16.7 Å². The van der Waals surface area contributed by atoms with Crippen molar-refractivity contribution in [2.45, 2.75) is 19.4 Å². The van der Waals surface area contributed by atoms with Gasteiger partial charge in [0.1, 0.15) is 0 Å². The monoisotopic (exact) mass is 332 g/mol. The molecule has 3 heteroatoms. The Bertz CT molecular complexity index is 554. The van der Waals surface area contributed by atoms with E-state index in [1.165, 1.54) is 15.6 Å². The number of halogens is 1. The van der Waals surface area contributed by atoms with Gasteiger partial charge in [-0.05, 0) is 55.8 Å². The zero-order valence-corrected chi connectivity index (χ0v) is 13.4. The number of nitrogens with zero attached hydrogens (tertiary/aromatic N) is 1. The van der Waals surface area contributed by atoms with Crippen LogP contribution in [0.4, 0.5) is 5.69 Å². The molecule has 2 aromatic rings. The summed E-state index contributed by atoms with van der Waals surface area (Å²) in [6.45, 7) is 2.05. The number of nitrogen functional groups attached to an aromatic ring is 1. The molecule has 106 valence electrons. The van der Waals surface area contributed by atoms with Crippen molar-refractivity contribution in [2.24, 2.45) is 0 Å². The molecule has 0 unspecified atom stereocenters. The molecule has 2 nitrogen and oxygen atoms in total. The number of hydrogen-bond donors (Lipinski definition) is 1. The van der Waals surface area contributed by atoms with Crippen LogP contribution in [-0.4, -0.2) is 18.5 Å². The maximum Gasteiger partial charge on any atom is 0.0316 e. The molecule has 2 N–H and O–H groups in total. The van der Waals surface area contributed by atoms with E-state index >= 15 is 0 Å². The largest absolute Gasteiger partial charge is 0.399 e. The van der Waals surface area contributed by atoms with Crippen LogP contribution < -0.4 is 5.73 Å². The van der Waals surface area contributed by atoms with Gasteiger partial charge in [0.2, 0.25) is 0 Å². The Morgan fingerprint density at radius 3 is 2.65 bits per heavy atom. The summed E-state index contributed by atoms with van der Waals surface area (Å²) in [5.41, 5.74) is 9.30. The van der Waals surface area contributed by atoms with Crippen molar-refractivity contribution < 1.29 is 0 Å². The number of rotatable bonds is 6. The molecule has 0 aliphatic rings. The lowest BCUT2D eigenvalue weighted by molar-refractivity contribution is 0.321. The van der Waals surface area contributed by atoms with Crippen molar-refractivity contribution in [1.82, 2.24) is 4.90 Å². The van der Waals surface area contributed by atoms with Crippen LogP contribution in [0.3, 0.4) is 0 Å². The van der Waals surface area contributed by atoms with Crippen LogP contribution in [0.1, 0.15) is 17.5 Å². The van der Waals surface area contributed by atoms with E-state index in [0.29, 0.717) is 0 Å². The highest BCUT2D eigenvalue weighted by atomic mass is 79.9. The van der Waals surface area contributed by atoms with E-state index in [-0.39, 0.29) is 0 Å². The minimum atomic E-state index is 0.851. The Morgan fingerprint density at radius 2 is 1.90 bits per heavy atom. The normalized spacial score (nSPS) is 10.9. The molecule has 0 bridgehead atoms. The molecule has 0 fully saturated rings. The molecule has 20 heavy (non-hydrogen) atoms. The first-order valence-electron chi connectivity index (χ1n) is 6.91. The molecule has 0 heterocycles. The van der Waals surface area contributed by atoms with Gasteiger partial charge in [0.15, 0.2) is 0 Å². The standard InChI is InChI=1S/C17H21BrN2/c1-20(13-15-8-2-3-10-17(15)18)11-5-7-14-6-4-9-16(19)12-14/h2-4,6,8-10,12H,5,7,11,13,19H2,1H3. The van der Waals surface area contributed by atoms with E-state index in [0.717, 1.165) is 31.6 Å². The van der Waals surface area contributed by atoms with Gasteiger partial charge in [-0.15, -0.1) is 0 Å². The first-order valence-corrected chi connectivity index (χ1v) is 7.71. The number of aryl methyl sites for hydroxylation is 1. The second kappa shape index (κ2) is 7.46. The molecule has 0 aliphatic carbocycles. The average Bonchev–Trinajstić information content (AvgIpc) is 2.41. The minimum Gasteiger partial charge on any atom is -0.399 e. The molecule has 0 saturated carbocycles. The van der Waals surface area contributed by atoms with Crippen LogP contribution >= 0.6 is 15.9 Å². The number of hydrogen-bond acceptors (Lipinski definition) is 2. The molecule has 0 atom stereocenters. The topological polar surface area (TPSA) is 29.3 Å². The maximum atomic E-state index is 5.79. The first-order chi connectivity index (χ1) is 9.65. The van der Waals surface area contributed by atoms with Crippen molar-refractivity contribution >= 4 is 21.6 Å². The van der Waals surface area contributed by atoms with Crippen molar-refractivity contribution in [3.63, 3.8) is 0 Å². The van der Waals surface area contributed by atoms with E-state index < -0.39 is 0 Å². The molecule has 0 aliphatic heterocycles. The predicted octanol–water partition coefficient (Wildman–Crippen LogP) is 4.10. The summed E-state index contributed by atoms with van der Waals surface area (Å²) in [4.78, 5) is 2.35. The molecule has 0 radical (unpaired) electrons. The fourth-order valence-electron chi connectivity index (χ4n) is 2.30. The molecule has 2 aromatic carbocycles. The third kappa shape index (κ3) is 4.66. The van der Waals surface area contributed by atoms with Gasteiger partial charge in [-0.3, -0.25) is 0 Å². The summed E-state index contributed by atoms with van der Waals surface area (Å²) in [6.07, 6.45) is 2.22. The quantitative estimate of drug-likeness (QED) is 0.807. The zero-order valence-electron chi connectivity index (χ0n) is 11.8. The third-order valence-electron chi connectivity index (χ3n) is 3.35. The fraction of sp³-hybridized carbons (Fsp3) is 0.294. The number of anilines is 1. The molecule has 0 saturated heterocycles. The molecule has 0 aromatic heterocycles. The second-order valence-electron chi connectivity index (χ2n) is 5.18. The molecule has 0 amide bonds. The fourth-order valence-corrected chi connectivity index (χ4v) is 2.71. The van der Waals surface area contributed by atoms with E-state index in [1.54, 1.807) is 0 Å². The van der Waals surface area contributed by atoms with Gasteiger partial charge in [-0.25, -0.2) is 0 Å². The maximum absolute atomic E-state index is 5.79. The summed E-state index contributed by atoms with van der Waals surface area (Å²) in [6, 6.07) is 16.6. The van der Waals surface area contributed by atoms with Crippen LogP contribution in [0, 0.1) is 0 Å². The van der Waals surface area contributed by atoms with Crippen molar-refractivity contribution in [3.05, 3.63) is 64.1 Å². The predicted molar refractivity (Wildman–Crippen MR) is 89.7 cm³/mol. The van der Waals surface area contributed by atoms with Gasteiger partial charge in [-0.2, -0.15) is 0 Å². The lowest BCUT2D eigenvalue weighted by atomic mass is 10.1. The first kappa shape index (κ1) is 15.1. The SMILES string of the molecule is CN(CCCc1cccc(N)c1)Cc1ccccc1Br. The summed E-state index contributed by atoms with van der Waals surface area (Å²) < 4.78 is 1.18. The number of benzene rings is 2. The Balaban J connectivity index is 1.78. The smallest absolute Gasteiger partial charge is 0.0316 e. The van der Waals surface area contributed by atoms with Crippen LogP contribution in [0.15, 0.2) is 53.0 Å². The molecule has 0 spiro atoms. The van der Waals surface area contributed by atoms with E-state index in [9.17, 15) is 0 Å². The number of nitrogens with two attached hydrogens (primary N) is 1. The van der Waals surface area contributed by atoms with Gasteiger partial charge in [-0.1, -0.05) is 46.3 Å². The van der Waals surface area contributed by atoms with Crippen molar-refractivity contribution in [2.75, 3.05) is 19.3 Å². The molecular weight excluding hydrogens is 312 g/mol. The molecule has 2 rings (SSSR count). The Labute approximate surface area is 129 Å². The van der Waals surface area contributed by atoms with E-state index in [1.807, 2.05) is 18.2 Å². The Hall–Kier alpha value is -1.32. The third-order valence-corrected chi connectivity index (χ3v) is 4.13. The summed E-state index contributed by atoms with van der Waals surface area (Å²) in [5.74, 6) is 0. The summed E-state index contributed by atoms with van der Waals surface area (Å²) in [7, 11) is 2.17. The average molecular weight is 333 g/mol. The van der Waals surface area contributed by atoms with E-state index in [2.05, 4.69) is 58.2 Å². The summed E-state index contributed by atoms with van der Waals surface area (Å²) >= 11 is 3.60.